The molecule has 0 saturated heterocycles. The van der Waals surface area contributed by atoms with Crippen LogP contribution in [-0.4, -0.2) is 42.5 Å². The van der Waals surface area contributed by atoms with Gasteiger partial charge in [0.25, 0.3) is 0 Å². The zero-order valence-electron chi connectivity index (χ0n) is 13.1. The van der Waals surface area contributed by atoms with E-state index in [1.807, 2.05) is 6.92 Å². The van der Waals surface area contributed by atoms with Crippen molar-refractivity contribution >= 4 is 17.2 Å². The lowest BCUT2D eigenvalue weighted by Gasteiger charge is -2.17. The van der Waals surface area contributed by atoms with Crippen LogP contribution in [0.2, 0.25) is 0 Å². The van der Waals surface area contributed by atoms with E-state index in [0.717, 1.165) is 6.42 Å². The summed E-state index contributed by atoms with van der Waals surface area (Å²) in [7, 11) is 1.63. The minimum atomic E-state index is 0.0868. The largest absolute Gasteiger partial charge is 0.398 e. The van der Waals surface area contributed by atoms with Crippen molar-refractivity contribution in [3.63, 3.8) is 0 Å². The second-order valence-electron chi connectivity index (χ2n) is 4.70. The number of aromatic nitrogens is 1. The van der Waals surface area contributed by atoms with Crippen molar-refractivity contribution in [1.29, 1.82) is 5.41 Å². The van der Waals surface area contributed by atoms with Crippen LogP contribution in [0.4, 0.5) is 11.5 Å². The Morgan fingerprint density at radius 1 is 1.55 bits per heavy atom. The Morgan fingerprint density at radius 3 is 2.91 bits per heavy atom. The Kier molecular flexibility index (Phi) is 7.14. The number of allylic oxidation sites excluding steroid dienone is 1. The first-order valence-electron chi connectivity index (χ1n) is 7.06. The molecule has 1 rings (SSSR count). The molecule has 0 aliphatic carbocycles. The normalized spacial score (nSPS) is 11.3. The van der Waals surface area contributed by atoms with Crippen molar-refractivity contribution in [2.75, 3.05) is 37.9 Å². The minimum absolute atomic E-state index is 0.0868. The number of nitrogen functional groups attached to an aromatic ring is 1. The lowest BCUT2D eigenvalue weighted by molar-refractivity contribution is 0.183. The fourth-order valence-electron chi connectivity index (χ4n) is 1.88. The lowest BCUT2D eigenvalue weighted by atomic mass is 10.1. The average molecular weight is 307 g/mol. The van der Waals surface area contributed by atoms with Gasteiger partial charge in [0.2, 0.25) is 0 Å². The van der Waals surface area contributed by atoms with Crippen LogP contribution in [0.5, 0.6) is 0 Å². The Bertz CT molecular complexity index is 530. The maximum atomic E-state index is 8.24. The zero-order chi connectivity index (χ0) is 16.5. The van der Waals surface area contributed by atoms with Gasteiger partial charge < -0.3 is 26.5 Å². The van der Waals surface area contributed by atoms with Crippen LogP contribution in [0.25, 0.3) is 0 Å². The first kappa shape index (κ1) is 17.7. The van der Waals surface area contributed by atoms with Crippen molar-refractivity contribution in [3.05, 3.63) is 29.7 Å². The maximum absolute atomic E-state index is 8.24. The number of anilines is 2. The molecular formula is C14H25N7O. The van der Waals surface area contributed by atoms with E-state index in [1.54, 1.807) is 19.4 Å². The van der Waals surface area contributed by atoms with E-state index in [-0.39, 0.29) is 11.4 Å². The predicted octanol–water partition coefficient (Wildman–Crippen LogP) is 0.476. The molecule has 0 saturated carbocycles. The zero-order valence-corrected chi connectivity index (χ0v) is 13.1. The molecule has 0 unspecified atom stereocenters. The molecule has 8 heteroatoms. The number of ether oxygens (including phenoxy) is 1. The van der Waals surface area contributed by atoms with Crippen LogP contribution < -0.4 is 22.6 Å². The first-order chi connectivity index (χ1) is 10.5. The molecule has 0 bridgehead atoms. The molecule has 0 fully saturated rings. The minimum Gasteiger partial charge on any atom is -0.398 e. The van der Waals surface area contributed by atoms with E-state index in [9.17, 15) is 0 Å². The fourth-order valence-corrected chi connectivity index (χ4v) is 1.88. The van der Waals surface area contributed by atoms with Gasteiger partial charge in [-0.15, -0.1) is 0 Å². The second-order valence-corrected chi connectivity index (χ2v) is 4.70. The van der Waals surface area contributed by atoms with Gasteiger partial charge in [0.15, 0.2) is 0 Å². The number of pyridine rings is 1. The van der Waals surface area contributed by atoms with E-state index >= 15 is 0 Å². The van der Waals surface area contributed by atoms with E-state index in [4.69, 9.17) is 27.5 Å². The van der Waals surface area contributed by atoms with E-state index in [0.29, 0.717) is 36.8 Å². The van der Waals surface area contributed by atoms with Gasteiger partial charge in [0.05, 0.1) is 17.0 Å². The van der Waals surface area contributed by atoms with Gasteiger partial charge in [-0.2, -0.15) is 0 Å². The Balaban J connectivity index is 2.90. The standard InChI is InChI=1S/C14H25N7O/c1-3-19-14-12(10(15)5-6-20-14)13(17)11(16)9-21(18)7-4-8-22-2/h5-6,9,17H,3-4,7-8,16,18H2,1-2H3,(H3,15,19,20)/b11-9-,17-13?. The van der Waals surface area contributed by atoms with E-state index in [1.165, 1.54) is 11.2 Å². The van der Waals surface area contributed by atoms with Gasteiger partial charge in [-0.05, 0) is 19.4 Å². The van der Waals surface area contributed by atoms with Crippen LogP contribution >= 0.6 is 0 Å². The van der Waals surface area contributed by atoms with E-state index < -0.39 is 0 Å². The molecule has 0 atom stereocenters. The van der Waals surface area contributed by atoms with E-state index in [2.05, 4.69) is 10.3 Å². The van der Waals surface area contributed by atoms with Gasteiger partial charge in [-0.3, -0.25) is 5.41 Å². The number of rotatable bonds is 9. The molecule has 0 aliphatic rings. The summed E-state index contributed by atoms with van der Waals surface area (Å²) in [6.45, 7) is 3.79. The molecule has 0 aliphatic heterocycles. The Labute approximate surface area is 130 Å². The number of nitrogens with two attached hydrogens (primary N) is 3. The van der Waals surface area contributed by atoms with Gasteiger partial charge >= 0.3 is 0 Å². The van der Waals surface area contributed by atoms with Crippen molar-refractivity contribution in [2.45, 2.75) is 13.3 Å². The Hall–Kier alpha value is -2.32. The highest BCUT2D eigenvalue weighted by Crippen LogP contribution is 2.21. The number of hydrazine groups is 1. The van der Waals surface area contributed by atoms with Crippen molar-refractivity contribution < 1.29 is 4.74 Å². The smallest absolute Gasteiger partial charge is 0.137 e. The highest BCUT2D eigenvalue weighted by Gasteiger charge is 2.15. The summed E-state index contributed by atoms with van der Waals surface area (Å²) < 4.78 is 4.96. The number of nitrogens with one attached hydrogen (secondary N) is 2. The number of hydrogen-bond donors (Lipinski definition) is 5. The third kappa shape index (κ3) is 4.90. The third-order valence-corrected chi connectivity index (χ3v) is 2.94. The molecule has 1 aromatic heterocycles. The maximum Gasteiger partial charge on any atom is 0.137 e. The first-order valence-corrected chi connectivity index (χ1v) is 7.06. The molecule has 0 radical (unpaired) electrons. The molecule has 1 aromatic rings. The number of nitrogens with zero attached hydrogens (tertiary/aromatic N) is 2. The highest BCUT2D eigenvalue weighted by molar-refractivity contribution is 6.15. The molecule has 22 heavy (non-hydrogen) atoms. The van der Waals surface area contributed by atoms with Gasteiger partial charge in [0.1, 0.15) is 5.82 Å². The van der Waals surface area contributed by atoms with Crippen LogP contribution in [0.1, 0.15) is 18.9 Å². The third-order valence-electron chi connectivity index (χ3n) is 2.94. The summed E-state index contributed by atoms with van der Waals surface area (Å²) in [6, 6.07) is 1.64. The monoisotopic (exact) mass is 307 g/mol. The van der Waals surface area contributed by atoms with Crippen molar-refractivity contribution in [1.82, 2.24) is 9.99 Å². The average Bonchev–Trinajstić information content (AvgIpc) is 2.47. The summed E-state index contributed by atoms with van der Waals surface area (Å²) in [4.78, 5) is 4.20. The molecular weight excluding hydrogens is 282 g/mol. The lowest BCUT2D eigenvalue weighted by Crippen LogP contribution is -2.30. The fraction of sp³-hybridized carbons (Fsp3) is 0.429. The second kappa shape index (κ2) is 8.85. The number of hydrogen-bond acceptors (Lipinski definition) is 8. The molecule has 0 aromatic carbocycles. The summed E-state index contributed by atoms with van der Waals surface area (Å²) in [5.41, 5.74) is 13.1. The summed E-state index contributed by atoms with van der Waals surface area (Å²) in [5, 5.41) is 12.7. The van der Waals surface area contributed by atoms with Crippen molar-refractivity contribution in [2.24, 2.45) is 11.6 Å². The molecule has 8 N–H and O–H groups in total. The van der Waals surface area contributed by atoms with Crippen LogP contribution in [-0.2, 0) is 4.74 Å². The summed E-state index contributed by atoms with van der Waals surface area (Å²) in [6.07, 6.45) is 3.87. The molecule has 0 spiro atoms. The topological polar surface area (TPSA) is 139 Å². The van der Waals surface area contributed by atoms with Gasteiger partial charge in [0, 0.05) is 44.9 Å². The molecule has 8 nitrogen and oxygen atoms in total. The summed E-state index contributed by atoms with van der Waals surface area (Å²) in [5.74, 6) is 6.36. The molecule has 1 heterocycles. The summed E-state index contributed by atoms with van der Waals surface area (Å²) >= 11 is 0. The van der Waals surface area contributed by atoms with Gasteiger partial charge in [-0.25, -0.2) is 10.8 Å². The SMILES string of the molecule is CCNc1nccc(N)c1C(=N)/C(N)=C/N(N)CCCOC. The Morgan fingerprint density at radius 2 is 2.27 bits per heavy atom. The number of methoxy groups -OCH3 is 1. The van der Waals surface area contributed by atoms with Gasteiger partial charge in [-0.1, -0.05) is 0 Å². The quantitative estimate of drug-likeness (QED) is 0.193. The van der Waals surface area contributed by atoms with Crippen LogP contribution in [0, 0.1) is 5.41 Å². The highest BCUT2D eigenvalue weighted by atomic mass is 16.5. The van der Waals surface area contributed by atoms with Crippen LogP contribution in [0.3, 0.4) is 0 Å². The molecule has 122 valence electrons. The predicted molar refractivity (Wildman–Crippen MR) is 89.3 cm³/mol. The van der Waals surface area contributed by atoms with Crippen molar-refractivity contribution in [3.8, 4) is 0 Å². The van der Waals surface area contributed by atoms with Crippen LogP contribution in [0.15, 0.2) is 24.2 Å². The molecule has 0 amide bonds.